The van der Waals surface area contributed by atoms with Crippen LogP contribution in [-0.4, -0.2) is 25.5 Å². The van der Waals surface area contributed by atoms with E-state index >= 15 is 0 Å². The van der Waals surface area contributed by atoms with Crippen LogP contribution in [0.3, 0.4) is 0 Å². The van der Waals surface area contributed by atoms with E-state index in [9.17, 15) is 9.18 Å². The lowest BCUT2D eigenvalue weighted by Crippen LogP contribution is -2.36. The summed E-state index contributed by atoms with van der Waals surface area (Å²) in [4.78, 5) is 12.0. The second kappa shape index (κ2) is 5.96. The zero-order valence-electron chi connectivity index (χ0n) is 10.6. The van der Waals surface area contributed by atoms with Crippen LogP contribution in [-0.2, 0) is 0 Å². The standard InChI is InChI=1S/C14H19FN2O/c1-10-8-12(15)2-3-13(10)14(18)17-9-11-4-6-16-7-5-11/h2-3,8,11,16H,4-7,9H2,1H3,(H,17,18). The minimum atomic E-state index is -0.303. The molecule has 0 unspecified atom stereocenters. The zero-order valence-corrected chi connectivity index (χ0v) is 10.6. The fraction of sp³-hybridized carbons (Fsp3) is 0.500. The van der Waals surface area contributed by atoms with E-state index in [0.29, 0.717) is 23.6 Å². The number of hydrogen-bond donors (Lipinski definition) is 2. The smallest absolute Gasteiger partial charge is 0.251 e. The van der Waals surface area contributed by atoms with E-state index in [1.54, 1.807) is 13.0 Å². The Morgan fingerprint density at radius 1 is 1.44 bits per heavy atom. The third-order valence-corrected chi connectivity index (χ3v) is 3.44. The summed E-state index contributed by atoms with van der Waals surface area (Å²) in [5.74, 6) is 0.143. The molecule has 1 aliphatic heterocycles. The lowest BCUT2D eigenvalue weighted by atomic mass is 9.98. The highest BCUT2D eigenvalue weighted by atomic mass is 19.1. The summed E-state index contributed by atoms with van der Waals surface area (Å²) in [5, 5.41) is 6.23. The van der Waals surface area contributed by atoms with E-state index in [2.05, 4.69) is 10.6 Å². The summed E-state index contributed by atoms with van der Waals surface area (Å²) in [5.41, 5.74) is 1.24. The maximum absolute atomic E-state index is 12.9. The normalized spacial score (nSPS) is 16.6. The van der Waals surface area contributed by atoms with Gasteiger partial charge in [0.2, 0.25) is 0 Å². The molecule has 1 amide bonds. The van der Waals surface area contributed by atoms with Crippen molar-refractivity contribution < 1.29 is 9.18 Å². The molecular formula is C14H19FN2O. The van der Waals surface area contributed by atoms with Crippen molar-refractivity contribution in [1.29, 1.82) is 0 Å². The number of piperidine rings is 1. The van der Waals surface area contributed by atoms with Crippen molar-refractivity contribution in [2.45, 2.75) is 19.8 Å². The number of aryl methyl sites for hydroxylation is 1. The van der Waals surface area contributed by atoms with Crippen LogP contribution in [0.1, 0.15) is 28.8 Å². The van der Waals surface area contributed by atoms with Gasteiger partial charge in [-0.3, -0.25) is 4.79 Å². The molecular weight excluding hydrogens is 231 g/mol. The van der Waals surface area contributed by atoms with Gasteiger partial charge in [-0.1, -0.05) is 0 Å². The number of nitrogens with one attached hydrogen (secondary N) is 2. The average molecular weight is 250 g/mol. The van der Waals surface area contributed by atoms with E-state index in [-0.39, 0.29) is 11.7 Å². The molecule has 0 saturated carbocycles. The van der Waals surface area contributed by atoms with E-state index in [1.807, 2.05) is 0 Å². The van der Waals surface area contributed by atoms with Crippen LogP contribution < -0.4 is 10.6 Å². The molecule has 0 aromatic heterocycles. The minimum absolute atomic E-state index is 0.106. The predicted molar refractivity (Wildman–Crippen MR) is 69.1 cm³/mol. The van der Waals surface area contributed by atoms with Crippen LogP contribution in [0.4, 0.5) is 4.39 Å². The van der Waals surface area contributed by atoms with Crippen molar-refractivity contribution in [2.24, 2.45) is 5.92 Å². The number of hydrogen-bond acceptors (Lipinski definition) is 2. The van der Waals surface area contributed by atoms with Crippen molar-refractivity contribution in [3.8, 4) is 0 Å². The van der Waals surface area contributed by atoms with Crippen LogP contribution in [0.15, 0.2) is 18.2 Å². The summed E-state index contributed by atoms with van der Waals surface area (Å²) in [6.45, 7) is 4.51. The summed E-state index contributed by atoms with van der Waals surface area (Å²) in [6, 6.07) is 4.26. The molecule has 1 fully saturated rings. The second-order valence-electron chi connectivity index (χ2n) is 4.86. The van der Waals surface area contributed by atoms with Gasteiger partial charge in [-0.05, 0) is 62.5 Å². The first-order chi connectivity index (χ1) is 8.66. The monoisotopic (exact) mass is 250 g/mol. The highest BCUT2D eigenvalue weighted by Crippen LogP contribution is 2.12. The molecule has 1 heterocycles. The van der Waals surface area contributed by atoms with Gasteiger partial charge in [-0.2, -0.15) is 0 Å². The van der Waals surface area contributed by atoms with Gasteiger partial charge in [-0.25, -0.2) is 4.39 Å². The van der Waals surface area contributed by atoms with Gasteiger partial charge in [0.05, 0.1) is 0 Å². The van der Waals surface area contributed by atoms with Crippen LogP contribution >= 0.6 is 0 Å². The van der Waals surface area contributed by atoms with Crippen molar-refractivity contribution in [1.82, 2.24) is 10.6 Å². The predicted octanol–water partition coefficient (Wildman–Crippen LogP) is 1.86. The van der Waals surface area contributed by atoms with Gasteiger partial charge in [0.25, 0.3) is 5.91 Å². The maximum atomic E-state index is 12.9. The van der Waals surface area contributed by atoms with Gasteiger partial charge in [0.15, 0.2) is 0 Å². The SMILES string of the molecule is Cc1cc(F)ccc1C(=O)NCC1CCNCC1. The number of amides is 1. The van der Waals surface area contributed by atoms with E-state index in [4.69, 9.17) is 0 Å². The highest BCUT2D eigenvalue weighted by Gasteiger charge is 2.15. The highest BCUT2D eigenvalue weighted by molar-refractivity contribution is 5.95. The number of benzene rings is 1. The number of carbonyl (C=O) groups excluding carboxylic acids is 1. The molecule has 0 radical (unpaired) electrons. The molecule has 2 N–H and O–H groups in total. The number of halogens is 1. The van der Waals surface area contributed by atoms with Gasteiger partial charge in [-0.15, -0.1) is 0 Å². The lowest BCUT2D eigenvalue weighted by molar-refractivity contribution is 0.0943. The van der Waals surface area contributed by atoms with Crippen molar-refractivity contribution >= 4 is 5.91 Å². The van der Waals surface area contributed by atoms with Crippen molar-refractivity contribution in [3.63, 3.8) is 0 Å². The van der Waals surface area contributed by atoms with Crippen LogP contribution in [0, 0.1) is 18.7 Å². The Kier molecular flexibility index (Phi) is 4.31. The summed E-state index contributed by atoms with van der Waals surface area (Å²) < 4.78 is 12.9. The molecule has 1 aromatic rings. The second-order valence-corrected chi connectivity index (χ2v) is 4.86. The minimum Gasteiger partial charge on any atom is -0.352 e. The van der Waals surface area contributed by atoms with Gasteiger partial charge < -0.3 is 10.6 Å². The Bertz CT molecular complexity index is 428. The Balaban J connectivity index is 1.90. The quantitative estimate of drug-likeness (QED) is 0.859. The number of carbonyl (C=O) groups is 1. The fourth-order valence-corrected chi connectivity index (χ4v) is 2.30. The van der Waals surface area contributed by atoms with Crippen LogP contribution in [0.2, 0.25) is 0 Å². The van der Waals surface area contributed by atoms with Gasteiger partial charge in [0.1, 0.15) is 5.82 Å². The largest absolute Gasteiger partial charge is 0.352 e. The molecule has 3 nitrogen and oxygen atoms in total. The Morgan fingerprint density at radius 2 is 2.17 bits per heavy atom. The summed E-state index contributed by atoms with van der Waals surface area (Å²) >= 11 is 0. The molecule has 0 spiro atoms. The van der Waals surface area contributed by atoms with Crippen molar-refractivity contribution in [3.05, 3.63) is 35.1 Å². The van der Waals surface area contributed by atoms with E-state index in [0.717, 1.165) is 25.9 Å². The molecule has 0 bridgehead atoms. The first-order valence-corrected chi connectivity index (χ1v) is 6.42. The third kappa shape index (κ3) is 3.29. The molecule has 0 atom stereocenters. The van der Waals surface area contributed by atoms with Gasteiger partial charge in [0, 0.05) is 12.1 Å². The molecule has 0 aliphatic carbocycles. The number of rotatable bonds is 3. The molecule has 1 aromatic carbocycles. The molecule has 98 valence electrons. The summed E-state index contributed by atoms with van der Waals surface area (Å²) in [6.07, 6.45) is 2.20. The fourth-order valence-electron chi connectivity index (χ4n) is 2.30. The van der Waals surface area contributed by atoms with Crippen molar-refractivity contribution in [2.75, 3.05) is 19.6 Å². The molecule has 1 aliphatic rings. The van der Waals surface area contributed by atoms with Crippen LogP contribution in [0.5, 0.6) is 0 Å². The topological polar surface area (TPSA) is 41.1 Å². The first kappa shape index (κ1) is 13.0. The lowest BCUT2D eigenvalue weighted by Gasteiger charge is -2.22. The third-order valence-electron chi connectivity index (χ3n) is 3.44. The molecule has 2 rings (SSSR count). The van der Waals surface area contributed by atoms with E-state index in [1.165, 1.54) is 12.1 Å². The molecule has 4 heteroatoms. The Hall–Kier alpha value is -1.42. The zero-order chi connectivity index (χ0) is 13.0. The van der Waals surface area contributed by atoms with Gasteiger partial charge >= 0.3 is 0 Å². The van der Waals surface area contributed by atoms with E-state index < -0.39 is 0 Å². The maximum Gasteiger partial charge on any atom is 0.251 e. The molecule has 1 saturated heterocycles. The molecule has 18 heavy (non-hydrogen) atoms. The Morgan fingerprint density at radius 3 is 2.83 bits per heavy atom. The first-order valence-electron chi connectivity index (χ1n) is 6.42. The summed E-state index contributed by atoms with van der Waals surface area (Å²) in [7, 11) is 0. The van der Waals surface area contributed by atoms with Crippen LogP contribution in [0.25, 0.3) is 0 Å². The average Bonchev–Trinajstić information content (AvgIpc) is 2.37. The Labute approximate surface area is 107 Å².